The van der Waals surface area contributed by atoms with E-state index in [0.717, 1.165) is 28.4 Å². The van der Waals surface area contributed by atoms with Crippen molar-refractivity contribution >= 4 is 17.1 Å². The van der Waals surface area contributed by atoms with Gasteiger partial charge in [0.05, 0.1) is 17.0 Å². The Morgan fingerprint density at radius 3 is 2.45 bits per heavy atom. The van der Waals surface area contributed by atoms with Crippen LogP contribution in [0.2, 0.25) is 0 Å². The second-order valence-electron chi connectivity index (χ2n) is 5.77. The fourth-order valence-corrected chi connectivity index (χ4v) is 3.03. The van der Waals surface area contributed by atoms with Crippen LogP contribution in [0.1, 0.15) is 32.3 Å². The molecule has 3 rings (SSSR count). The minimum Gasteiger partial charge on any atom is -0.453 e. The molecule has 3 N–H and O–H groups in total. The maximum Gasteiger partial charge on any atom is 0.151 e. The average Bonchev–Trinajstić information content (AvgIpc) is 2.55. The highest BCUT2D eigenvalue weighted by molar-refractivity contribution is 5.80. The van der Waals surface area contributed by atoms with Crippen molar-refractivity contribution in [2.24, 2.45) is 0 Å². The van der Waals surface area contributed by atoms with Crippen molar-refractivity contribution in [1.29, 1.82) is 0 Å². The quantitative estimate of drug-likeness (QED) is 0.836. The van der Waals surface area contributed by atoms with Gasteiger partial charge in [0.1, 0.15) is 0 Å². The van der Waals surface area contributed by atoms with Crippen molar-refractivity contribution in [2.45, 2.75) is 32.3 Å². The largest absolute Gasteiger partial charge is 0.453 e. The fraction of sp³-hybridized carbons (Fsp3) is 0.333. The first-order valence-electron chi connectivity index (χ1n) is 7.67. The zero-order valence-electron chi connectivity index (χ0n) is 13.3. The molecule has 0 aliphatic carbocycles. The van der Waals surface area contributed by atoms with E-state index in [0.29, 0.717) is 18.5 Å². The van der Waals surface area contributed by atoms with Crippen molar-refractivity contribution in [2.75, 3.05) is 17.7 Å². The molecular weight excluding hydrogens is 276 g/mol. The van der Waals surface area contributed by atoms with Gasteiger partial charge in [-0.05, 0) is 37.1 Å². The lowest BCUT2D eigenvalue weighted by molar-refractivity contribution is 0.0290. The lowest BCUT2D eigenvalue weighted by Crippen LogP contribution is -2.26. The van der Waals surface area contributed by atoms with Crippen molar-refractivity contribution in [1.82, 2.24) is 0 Å². The number of nitrogens with zero attached hydrogens (tertiary/aromatic N) is 1. The number of aliphatic hydroxyl groups is 1. The van der Waals surface area contributed by atoms with Gasteiger partial charge in [-0.25, -0.2) is 0 Å². The van der Waals surface area contributed by atoms with Crippen LogP contribution >= 0.6 is 0 Å². The summed E-state index contributed by atoms with van der Waals surface area (Å²) in [5.74, 6) is 1.54. The van der Waals surface area contributed by atoms with Crippen molar-refractivity contribution < 1.29 is 9.84 Å². The zero-order valence-corrected chi connectivity index (χ0v) is 13.3. The average molecular weight is 298 g/mol. The van der Waals surface area contributed by atoms with Crippen LogP contribution in [0.3, 0.4) is 0 Å². The van der Waals surface area contributed by atoms with Gasteiger partial charge in [-0.2, -0.15) is 0 Å². The molecule has 0 aromatic heterocycles. The molecule has 0 radical (unpaired) electrons. The number of ether oxygens (including phenoxy) is 1. The van der Waals surface area contributed by atoms with Gasteiger partial charge in [0.2, 0.25) is 0 Å². The number of benzene rings is 2. The number of para-hydroxylation sites is 2. The highest BCUT2D eigenvalue weighted by Crippen LogP contribution is 2.48. The van der Waals surface area contributed by atoms with Crippen LogP contribution in [-0.2, 0) is 5.60 Å². The summed E-state index contributed by atoms with van der Waals surface area (Å²) in [6.07, 6.45) is 1.22. The third kappa shape index (κ3) is 2.11. The third-order valence-corrected chi connectivity index (χ3v) is 4.61. The molecule has 0 saturated carbocycles. The molecule has 1 aliphatic heterocycles. The van der Waals surface area contributed by atoms with E-state index in [1.807, 2.05) is 57.3 Å². The number of nitrogen functional groups attached to an aromatic ring is 1. The van der Waals surface area contributed by atoms with Crippen LogP contribution < -0.4 is 15.4 Å². The molecule has 2 aromatic rings. The number of rotatable bonds is 3. The van der Waals surface area contributed by atoms with Crippen molar-refractivity contribution in [3.63, 3.8) is 0 Å². The molecule has 0 saturated heterocycles. The monoisotopic (exact) mass is 298 g/mol. The molecule has 0 amide bonds. The molecule has 1 heterocycles. The maximum atomic E-state index is 10.8. The molecule has 4 nitrogen and oxygen atoms in total. The first-order valence-corrected chi connectivity index (χ1v) is 7.67. The van der Waals surface area contributed by atoms with E-state index in [9.17, 15) is 5.11 Å². The van der Waals surface area contributed by atoms with Gasteiger partial charge in [0.15, 0.2) is 11.5 Å². The van der Waals surface area contributed by atoms with Gasteiger partial charge in [-0.1, -0.05) is 26.0 Å². The summed E-state index contributed by atoms with van der Waals surface area (Å²) in [6, 6.07) is 11.6. The van der Waals surface area contributed by atoms with E-state index in [-0.39, 0.29) is 0 Å². The van der Waals surface area contributed by atoms with Crippen LogP contribution in [0.25, 0.3) is 0 Å². The predicted octanol–water partition coefficient (Wildman–Crippen LogP) is 4.15. The Hall–Kier alpha value is -2.20. The molecule has 2 aromatic carbocycles. The van der Waals surface area contributed by atoms with Gasteiger partial charge >= 0.3 is 0 Å². The Balaban J connectivity index is 2.13. The summed E-state index contributed by atoms with van der Waals surface area (Å²) in [7, 11) is 1.99. The van der Waals surface area contributed by atoms with E-state index in [1.165, 1.54) is 0 Å². The molecule has 0 atom stereocenters. The number of hydrogen-bond donors (Lipinski definition) is 2. The molecular formula is C18H22N2O2. The lowest BCUT2D eigenvalue weighted by atomic mass is 9.87. The first kappa shape index (κ1) is 14.7. The van der Waals surface area contributed by atoms with E-state index in [2.05, 4.69) is 4.90 Å². The van der Waals surface area contributed by atoms with Crippen LogP contribution in [0.4, 0.5) is 17.1 Å². The SMILES string of the molecule is CCC(O)(CC)c1cc2c(cc1N)N(C)c1ccccc1O2. The summed E-state index contributed by atoms with van der Waals surface area (Å²) in [5.41, 5.74) is 8.55. The number of anilines is 3. The number of hydrogen-bond acceptors (Lipinski definition) is 4. The van der Waals surface area contributed by atoms with Crippen LogP contribution in [-0.4, -0.2) is 12.2 Å². The second kappa shape index (κ2) is 5.21. The summed E-state index contributed by atoms with van der Waals surface area (Å²) < 4.78 is 6.02. The molecule has 116 valence electrons. The molecule has 22 heavy (non-hydrogen) atoms. The van der Waals surface area contributed by atoms with Crippen molar-refractivity contribution in [3.8, 4) is 11.5 Å². The normalized spacial score (nSPS) is 13.4. The van der Waals surface area contributed by atoms with Gasteiger partial charge in [0, 0.05) is 18.3 Å². The Bertz CT molecular complexity index is 708. The van der Waals surface area contributed by atoms with Gasteiger partial charge in [0.25, 0.3) is 0 Å². The van der Waals surface area contributed by atoms with Crippen LogP contribution in [0, 0.1) is 0 Å². The Labute approximate surface area is 131 Å². The van der Waals surface area contributed by atoms with E-state index >= 15 is 0 Å². The number of fused-ring (bicyclic) bond motifs is 2. The highest BCUT2D eigenvalue weighted by Gasteiger charge is 2.31. The molecule has 0 unspecified atom stereocenters. The molecule has 4 heteroatoms. The Morgan fingerprint density at radius 1 is 1.09 bits per heavy atom. The summed E-state index contributed by atoms with van der Waals surface area (Å²) in [4.78, 5) is 2.06. The Morgan fingerprint density at radius 2 is 1.77 bits per heavy atom. The summed E-state index contributed by atoms with van der Waals surface area (Å²) in [5, 5.41) is 10.8. The smallest absolute Gasteiger partial charge is 0.151 e. The molecule has 0 bridgehead atoms. The van der Waals surface area contributed by atoms with Crippen molar-refractivity contribution in [3.05, 3.63) is 42.0 Å². The first-order chi connectivity index (χ1) is 10.5. The minimum atomic E-state index is -0.919. The second-order valence-corrected chi connectivity index (χ2v) is 5.77. The molecule has 0 spiro atoms. The standard InChI is InChI=1S/C18H22N2O2/c1-4-18(21,5-2)12-10-17-15(11-13(12)19)20(3)14-8-6-7-9-16(14)22-17/h6-11,21H,4-5,19H2,1-3H3. The highest BCUT2D eigenvalue weighted by atomic mass is 16.5. The fourth-order valence-electron chi connectivity index (χ4n) is 3.03. The zero-order chi connectivity index (χ0) is 15.9. The van der Waals surface area contributed by atoms with E-state index in [4.69, 9.17) is 10.5 Å². The van der Waals surface area contributed by atoms with Crippen LogP contribution in [0.15, 0.2) is 36.4 Å². The van der Waals surface area contributed by atoms with Crippen LogP contribution in [0.5, 0.6) is 11.5 Å². The maximum absolute atomic E-state index is 10.8. The van der Waals surface area contributed by atoms with E-state index in [1.54, 1.807) is 0 Å². The topological polar surface area (TPSA) is 58.7 Å². The van der Waals surface area contributed by atoms with E-state index < -0.39 is 5.60 Å². The third-order valence-electron chi connectivity index (χ3n) is 4.61. The Kier molecular flexibility index (Phi) is 3.49. The summed E-state index contributed by atoms with van der Waals surface area (Å²) >= 11 is 0. The predicted molar refractivity (Wildman–Crippen MR) is 89.9 cm³/mol. The molecule has 1 aliphatic rings. The summed E-state index contributed by atoms with van der Waals surface area (Å²) in [6.45, 7) is 3.93. The molecule has 0 fully saturated rings. The van der Waals surface area contributed by atoms with Gasteiger partial charge in [-0.3, -0.25) is 0 Å². The van der Waals surface area contributed by atoms with Gasteiger partial charge < -0.3 is 20.5 Å². The lowest BCUT2D eigenvalue weighted by Gasteiger charge is -2.33. The van der Waals surface area contributed by atoms with Gasteiger partial charge in [-0.15, -0.1) is 0 Å². The minimum absolute atomic E-state index is 0.597. The number of nitrogens with two attached hydrogens (primary N) is 1.